The average Bonchev–Trinajstić information content (AvgIpc) is 3.45. The first kappa shape index (κ1) is 29.3. The first-order valence-electron chi connectivity index (χ1n) is 13.8. The Morgan fingerprint density at radius 1 is 0.763 bits per heavy atom. The molecular weight excluding hydrogens is 523 g/mol. The lowest BCUT2D eigenvalue weighted by Crippen LogP contribution is -2.63. The number of rotatable bonds is 11. The van der Waals surface area contributed by atoms with Crippen LogP contribution in [0.15, 0.2) is 0 Å². The van der Waals surface area contributed by atoms with E-state index in [1.165, 1.54) is 21.3 Å². The van der Waals surface area contributed by atoms with Crippen molar-refractivity contribution in [2.24, 2.45) is 0 Å². The third-order valence-corrected chi connectivity index (χ3v) is 9.30. The van der Waals surface area contributed by atoms with E-state index in [2.05, 4.69) is 0 Å². The molecule has 38 heavy (non-hydrogen) atoms. The van der Waals surface area contributed by atoms with Gasteiger partial charge < -0.3 is 42.8 Å². The predicted molar refractivity (Wildman–Crippen MR) is 131 cm³/mol. The van der Waals surface area contributed by atoms with Gasteiger partial charge in [0.25, 0.3) is 0 Å². The van der Waals surface area contributed by atoms with E-state index in [0.29, 0.717) is 0 Å². The van der Waals surface area contributed by atoms with Crippen molar-refractivity contribution >= 4 is 7.82 Å². The molecule has 2 saturated heterocycles. The summed E-state index contributed by atoms with van der Waals surface area (Å²) in [5, 5.41) is 0. The van der Waals surface area contributed by atoms with Crippen molar-refractivity contribution in [2.45, 2.75) is 119 Å². The molecule has 220 valence electrons. The highest BCUT2D eigenvalue weighted by molar-refractivity contribution is 7.47. The largest absolute Gasteiger partial charge is 0.472 e. The third kappa shape index (κ3) is 6.17. The highest BCUT2D eigenvalue weighted by Crippen LogP contribution is 2.55. The fourth-order valence-corrected chi connectivity index (χ4v) is 7.51. The van der Waals surface area contributed by atoms with Gasteiger partial charge >= 0.3 is 7.82 Å². The minimum Gasteiger partial charge on any atom is -0.382 e. The second-order valence-corrected chi connectivity index (χ2v) is 12.4. The van der Waals surface area contributed by atoms with Crippen LogP contribution in [0.1, 0.15) is 64.2 Å². The van der Waals surface area contributed by atoms with Crippen LogP contribution in [0.2, 0.25) is 0 Å². The van der Waals surface area contributed by atoms with Gasteiger partial charge in [0.05, 0.1) is 13.2 Å². The summed E-state index contributed by atoms with van der Waals surface area (Å²) in [5.41, 5.74) is 0. The Kier molecular flexibility index (Phi) is 9.51. The van der Waals surface area contributed by atoms with Crippen LogP contribution in [0.4, 0.5) is 0 Å². The smallest absolute Gasteiger partial charge is 0.382 e. The molecule has 13 heteroatoms. The van der Waals surface area contributed by atoms with Crippen molar-refractivity contribution in [1.29, 1.82) is 0 Å². The van der Waals surface area contributed by atoms with Crippen LogP contribution >= 0.6 is 7.82 Å². The van der Waals surface area contributed by atoms with Crippen LogP contribution in [0.25, 0.3) is 0 Å². The molecule has 2 spiro atoms. The zero-order chi connectivity index (χ0) is 26.8. The van der Waals surface area contributed by atoms with Crippen molar-refractivity contribution < 1.29 is 56.4 Å². The fraction of sp³-hybridized carbons (Fsp3) is 1.00. The molecule has 1 N–H and O–H groups in total. The molecule has 12 nitrogen and oxygen atoms in total. The number of hydrogen-bond donors (Lipinski definition) is 1. The van der Waals surface area contributed by atoms with Gasteiger partial charge in [0, 0.05) is 47.0 Å². The van der Waals surface area contributed by atoms with Crippen LogP contribution in [0, 0.1) is 0 Å². The molecule has 0 aromatic carbocycles. The van der Waals surface area contributed by atoms with Crippen LogP contribution in [0.3, 0.4) is 0 Å². The number of fused-ring (bicyclic) bond motifs is 3. The van der Waals surface area contributed by atoms with E-state index >= 15 is 0 Å². The standard InChI is InChI=1S/C25H43O12P/c1-28-14-17(30-3)15-32-38(26,27)37-23-18(31-16-29-2)19-20(34-24(33-19)10-6-4-7-11-24)21-22(23)36-25(35-21)12-8-5-9-13-25/h17-23H,4-16H2,1-3H3,(H,26,27)/t17?,18-,19-,20+,21-,22-,23+/m1/s1. The van der Waals surface area contributed by atoms with Gasteiger partial charge in [-0.1, -0.05) is 12.8 Å². The fourth-order valence-electron chi connectivity index (χ4n) is 6.55. The Balaban J connectivity index is 1.42. The van der Waals surface area contributed by atoms with Crippen molar-refractivity contribution in [2.75, 3.05) is 41.3 Å². The summed E-state index contributed by atoms with van der Waals surface area (Å²) in [7, 11) is -0.0857. The van der Waals surface area contributed by atoms with Crippen LogP contribution in [-0.4, -0.2) is 101 Å². The minimum atomic E-state index is -4.59. The maximum atomic E-state index is 13.2. The molecule has 3 aliphatic carbocycles. The summed E-state index contributed by atoms with van der Waals surface area (Å²) < 4.78 is 72.6. The van der Waals surface area contributed by atoms with Gasteiger partial charge in [-0.25, -0.2) is 4.57 Å². The SMILES string of the molecule is COCO[C@@H]1[C@H]2OC3(CCCCC3)O[C@@H]2[C@H]2OC3(CCCCC3)O[C@H]2[C@H]1OP(=O)(O)OCC(COC)OC. The van der Waals surface area contributed by atoms with Gasteiger partial charge in [-0.2, -0.15) is 0 Å². The van der Waals surface area contributed by atoms with Gasteiger partial charge in [0.15, 0.2) is 11.6 Å². The number of hydrogen-bond acceptors (Lipinski definition) is 11. The normalized spacial score (nSPS) is 38.1. The summed E-state index contributed by atoms with van der Waals surface area (Å²) in [6.45, 7) is -0.0665. The van der Waals surface area contributed by atoms with Crippen molar-refractivity contribution in [3.63, 3.8) is 0 Å². The Morgan fingerprint density at radius 2 is 1.29 bits per heavy atom. The second-order valence-electron chi connectivity index (χ2n) is 11.0. The minimum absolute atomic E-state index is 0.0658. The summed E-state index contributed by atoms with van der Waals surface area (Å²) in [6, 6.07) is 0. The lowest BCUT2D eigenvalue weighted by Gasteiger charge is -2.42. The quantitative estimate of drug-likeness (QED) is 0.291. The van der Waals surface area contributed by atoms with Crippen molar-refractivity contribution in [3.8, 4) is 0 Å². The molecule has 3 saturated carbocycles. The molecule has 5 fully saturated rings. The number of phosphoric acid groups is 1. The Hall–Kier alpha value is -0.210. The molecule has 0 bridgehead atoms. The number of phosphoric ester groups is 1. The Bertz CT molecular complexity index is 804. The van der Waals surface area contributed by atoms with E-state index in [1.54, 1.807) is 0 Å². The summed E-state index contributed by atoms with van der Waals surface area (Å²) in [4.78, 5) is 10.8. The number of methoxy groups -OCH3 is 3. The third-order valence-electron chi connectivity index (χ3n) is 8.32. The molecule has 0 amide bonds. The van der Waals surface area contributed by atoms with Gasteiger partial charge in [0.1, 0.15) is 49.5 Å². The number of ether oxygens (including phenoxy) is 8. The molecule has 2 aliphatic heterocycles. The highest BCUT2D eigenvalue weighted by atomic mass is 31.2. The van der Waals surface area contributed by atoms with E-state index in [-0.39, 0.29) is 20.0 Å². The van der Waals surface area contributed by atoms with Crippen LogP contribution in [0.5, 0.6) is 0 Å². The lowest BCUT2D eigenvalue weighted by molar-refractivity contribution is -0.231. The lowest BCUT2D eigenvalue weighted by atomic mass is 9.85. The van der Waals surface area contributed by atoms with Crippen LogP contribution in [-0.2, 0) is 51.5 Å². The molecule has 5 rings (SSSR count). The average molecular weight is 567 g/mol. The van der Waals surface area contributed by atoms with Gasteiger partial charge in [-0.3, -0.25) is 9.05 Å². The summed E-state index contributed by atoms with van der Waals surface area (Å²) in [5.74, 6) is -1.53. The Labute approximate surface area is 224 Å². The second kappa shape index (κ2) is 12.3. The molecule has 5 aliphatic rings. The van der Waals surface area contributed by atoms with E-state index in [0.717, 1.165) is 64.2 Å². The molecule has 0 aromatic rings. The topological polar surface area (TPSA) is 130 Å². The van der Waals surface area contributed by atoms with Crippen molar-refractivity contribution in [3.05, 3.63) is 0 Å². The monoisotopic (exact) mass is 566 g/mol. The molecule has 0 aromatic heterocycles. The maximum absolute atomic E-state index is 13.2. The zero-order valence-electron chi connectivity index (χ0n) is 22.6. The van der Waals surface area contributed by atoms with E-state index in [1.807, 2.05) is 0 Å². The van der Waals surface area contributed by atoms with E-state index < -0.39 is 62.1 Å². The summed E-state index contributed by atoms with van der Waals surface area (Å²) >= 11 is 0. The first-order valence-corrected chi connectivity index (χ1v) is 15.3. The first-order chi connectivity index (χ1) is 18.3. The van der Waals surface area contributed by atoms with Gasteiger partial charge in [0.2, 0.25) is 0 Å². The molecule has 0 radical (unpaired) electrons. The van der Waals surface area contributed by atoms with E-state index in [4.69, 9.17) is 46.9 Å². The highest BCUT2D eigenvalue weighted by Gasteiger charge is 2.67. The zero-order valence-corrected chi connectivity index (χ0v) is 23.5. The molecular formula is C25H43O12P. The Morgan fingerprint density at radius 3 is 1.79 bits per heavy atom. The van der Waals surface area contributed by atoms with E-state index in [9.17, 15) is 9.46 Å². The van der Waals surface area contributed by atoms with Crippen molar-refractivity contribution in [1.82, 2.24) is 0 Å². The van der Waals surface area contributed by atoms with Gasteiger partial charge in [-0.05, 0) is 25.7 Å². The molecule has 2 heterocycles. The molecule has 8 atom stereocenters. The molecule has 2 unspecified atom stereocenters. The summed E-state index contributed by atoms with van der Waals surface area (Å²) in [6.07, 6.45) is 4.48. The van der Waals surface area contributed by atoms with Gasteiger partial charge in [-0.15, -0.1) is 0 Å². The maximum Gasteiger partial charge on any atom is 0.472 e. The predicted octanol–water partition coefficient (Wildman–Crippen LogP) is 3.04. The van der Waals surface area contributed by atoms with Crippen LogP contribution < -0.4 is 0 Å².